The van der Waals surface area contributed by atoms with Crippen molar-refractivity contribution in [3.05, 3.63) is 120 Å². The number of benzene rings is 3. The van der Waals surface area contributed by atoms with Crippen LogP contribution >= 0.6 is 0 Å². The molecule has 0 spiro atoms. The van der Waals surface area contributed by atoms with E-state index >= 15 is 0 Å². The van der Waals surface area contributed by atoms with E-state index in [4.69, 9.17) is 18.9 Å². The lowest BCUT2D eigenvalue weighted by Gasteiger charge is -2.11. The first kappa shape index (κ1) is 41.4. The molecule has 268 valence electrons. The summed E-state index contributed by atoms with van der Waals surface area (Å²) in [5.74, 6) is -0.472. The summed E-state index contributed by atoms with van der Waals surface area (Å²) in [6, 6.07) is 19.9. The van der Waals surface area contributed by atoms with Crippen LogP contribution in [0.4, 0.5) is 0 Å². The summed E-state index contributed by atoms with van der Waals surface area (Å²) in [5, 5.41) is 0. The van der Waals surface area contributed by atoms with Gasteiger partial charge in [-0.1, -0.05) is 69.0 Å². The maximum absolute atomic E-state index is 12.8. The van der Waals surface area contributed by atoms with Crippen molar-refractivity contribution in [1.29, 1.82) is 0 Å². The molecule has 0 N–H and O–H groups in total. The van der Waals surface area contributed by atoms with Gasteiger partial charge in [-0.3, -0.25) is 0 Å². The molecule has 0 saturated carbocycles. The van der Waals surface area contributed by atoms with Crippen molar-refractivity contribution in [3.8, 4) is 11.5 Å². The van der Waals surface area contributed by atoms with Crippen molar-refractivity contribution in [2.75, 3.05) is 20.3 Å². The number of methoxy groups -OCH3 is 1. The van der Waals surface area contributed by atoms with Crippen LogP contribution in [0.1, 0.15) is 102 Å². The molecule has 50 heavy (non-hydrogen) atoms. The molecule has 0 aliphatic carbocycles. The van der Waals surface area contributed by atoms with E-state index in [1.807, 2.05) is 24.3 Å². The lowest BCUT2D eigenvalue weighted by Crippen LogP contribution is -2.10. The van der Waals surface area contributed by atoms with Crippen molar-refractivity contribution in [1.82, 2.24) is 0 Å². The van der Waals surface area contributed by atoms with Crippen LogP contribution < -0.4 is 9.47 Å². The molecule has 0 heterocycles. The summed E-state index contributed by atoms with van der Waals surface area (Å²) in [5.41, 5.74) is 3.98. The summed E-state index contributed by atoms with van der Waals surface area (Å²) in [7, 11) is 1.74. The minimum atomic E-state index is -0.453. The lowest BCUT2D eigenvalue weighted by molar-refractivity contribution is -0.137. The minimum absolute atomic E-state index is 0.378. The van der Waals surface area contributed by atoms with Crippen molar-refractivity contribution in [2.45, 2.75) is 84.0 Å². The number of hydrogen-bond acceptors (Lipinski definition) is 8. The number of rotatable bonds is 22. The second-order valence-corrected chi connectivity index (χ2v) is 11.8. The van der Waals surface area contributed by atoms with Crippen molar-refractivity contribution < 1.29 is 38.1 Å². The monoisotopic (exact) mass is 684 g/mol. The van der Waals surface area contributed by atoms with Gasteiger partial charge in [-0.15, -0.1) is 6.58 Å². The summed E-state index contributed by atoms with van der Waals surface area (Å²) < 4.78 is 21.3. The van der Waals surface area contributed by atoms with E-state index in [9.17, 15) is 19.2 Å². The van der Waals surface area contributed by atoms with Gasteiger partial charge in [0.25, 0.3) is 0 Å². The summed E-state index contributed by atoms with van der Waals surface area (Å²) in [4.78, 5) is 45.9. The smallest absolute Gasteiger partial charge is 0.343 e. The predicted octanol–water partition coefficient (Wildman–Crippen LogP) is 9.17. The van der Waals surface area contributed by atoms with E-state index in [-0.39, 0.29) is 5.97 Å². The van der Waals surface area contributed by atoms with E-state index in [0.717, 1.165) is 69.8 Å². The van der Waals surface area contributed by atoms with Gasteiger partial charge in [-0.25, -0.2) is 14.4 Å². The van der Waals surface area contributed by atoms with Crippen LogP contribution in [0.15, 0.2) is 92.0 Å². The average Bonchev–Trinajstić information content (AvgIpc) is 3.13. The Morgan fingerprint density at radius 2 is 1.18 bits per heavy atom. The fourth-order valence-corrected chi connectivity index (χ4v) is 4.93. The molecule has 0 amide bonds. The van der Waals surface area contributed by atoms with Gasteiger partial charge >= 0.3 is 17.9 Å². The molecule has 0 saturated heterocycles. The standard InChI is InChI=1S/C38H46O7.C4H6O/c1-4-36(39)43-27-13-9-7-11-15-31-16-20-32(21-17-31)37(40)44-34-24-25-35(29(2)28-34)45-38(41)33-22-18-30(19-23-33)14-10-6-5-8-12-26-42-3;1-2-3-4-5/h4,16-25,28H,1,5-15,26-27H2,2-3H3;2,4H,1,3H2. The van der Waals surface area contributed by atoms with E-state index in [0.29, 0.717) is 41.2 Å². The highest BCUT2D eigenvalue weighted by Crippen LogP contribution is 2.25. The number of unbranched alkanes of at least 4 members (excludes halogenated alkanes) is 7. The highest BCUT2D eigenvalue weighted by atomic mass is 16.5. The van der Waals surface area contributed by atoms with Gasteiger partial charge in [0.2, 0.25) is 0 Å². The maximum atomic E-state index is 12.8. The van der Waals surface area contributed by atoms with Crippen molar-refractivity contribution >= 4 is 24.2 Å². The SMILES string of the molecule is C=CC(=O)OCCCCCCc1ccc(C(=O)Oc2ccc(OC(=O)c3ccc(CCCCCCCOC)cc3)c(C)c2)cc1.C=CCC=O. The largest absolute Gasteiger partial charge is 0.463 e. The fourth-order valence-electron chi connectivity index (χ4n) is 4.93. The molecule has 0 radical (unpaired) electrons. The van der Waals surface area contributed by atoms with Crippen LogP contribution in [0.2, 0.25) is 0 Å². The predicted molar refractivity (Wildman–Crippen MR) is 197 cm³/mol. The molecule has 0 aliphatic heterocycles. The number of esters is 3. The molecule has 0 atom stereocenters. The van der Waals surface area contributed by atoms with Gasteiger partial charge < -0.3 is 23.7 Å². The fraction of sp³-hybridized carbons (Fsp3) is 0.381. The molecule has 0 unspecified atom stereocenters. The number of allylic oxidation sites excluding steroid dienone is 1. The Labute approximate surface area is 297 Å². The third-order valence-electron chi connectivity index (χ3n) is 7.79. The van der Waals surface area contributed by atoms with Crippen LogP contribution in [-0.2, 0) is 31.9 Å². The quantitative estimate of drug-likeness (QED) is 0.0258. The molecule has 0 fully saturated rings. The zero-order valence-electron chi connectivity index (χ0n) is 29.7. The first-order valence-corrected chi connectivity index (χ1v) is 17.4. The molecule has 8 heteroatoms. The number of hydrogen-bond donors (Lipinski definition) is 0. The number of aryl methyl sites for hydroxylation is 3. The molecule has 3 aromatic carbocycles. The molecule has 0 aromatic heterocycles. The third-order valence-corrected chi connectivity index (χ3v) is 7.79. The molecule has 8 nitrogen and oxygen atoms in total. The zero-order chi connectivity index (χ0) is 36.4. The molecular weight excluding hydrogens is 632 g/mol. The highest BCUT2D eigenvalue weighted by molar-refractivity contribution is 5.92. The Kier molecular flexibility index (Phi) is 20.8. The van der Waals surface area contributed by atoms with Crippen molar-refractivity contribution in [2.24, 2.45) is 0 Å². The number of ether oxygens (including phenoxy) is 4. The molecule has 3 rings (SSSR count). The minimum Gasteiger partial charge on any atom is -0.463 e. The second kappa shape index (κ2) is 25.2. The number of carbonyl (C=O) groups is 4. The van der Waals surface area contributed by atoms with E-state index < -0.39 is 11.9 Å². The van der Waals surface area contributed by atoms with Gasteiger partial charge in [-0.2, -0.15) is 0 Å². The first-order valence-electron chi connectivity index (χ1n) is 17.4. The first-order chi connectivity index (χ1) is 24.3. The Morgan fingerprint density at radius 3 is 1.66 bits per heavy atom. The van der Waals surface area contributed by atoms with E-state index in [2.05, 4.69) is 13.2 Å². The summed E-state index contributed by atoms with van der Waals surface area (Å²) >= 11 is 0. The van der Waals surface area contributed by atoms with Crippen LogP contribution in [0.5, 0.6) is 11.5 Å². The molecule has 0 bridgehead atoms. The highest BCUT2D eigenvalue weighted by Gasteiger charge is 2.14. The number of carbonyl (C=O) groups excluding carboxylic acids is 4. The molecule has 0 aliphatic rings. The number of aldehydes is 1. The normalized spacial score (nSPS) is 10.3. The van der Waals surface area contributed by atoms with E-state index in [1.165, 1.54) is 30.9 Å². The van der Waals surface area contributed by atoms with Gasteiger partial charge in [-0.05, 0) is 105 Å². The van der Waals surface area contributed by atoms with Gasteiger partial charge in [0.1, 0.15) is 17.8 Å². The van der Waals surface area contributed by atoms with Crippen LogP contribution in [-0.4, -0.2) is 44.5 Å². The molecule has 3 aromatic rings. The zero-order valence-corrected chi connectivity index (χ0v) is 29.7. The van der Waals surface area contributed by atoms with Gasteiger partial charge in [0.15, 0.2) is 0 Å². The Morgan fingerprint density at radius 1 is 0.660 bits per heavy atom. The Hall–Kier alpha value is -4.82. The maximum Gasteiger partial charge on any atom is 0.343 e. The Balaban J connectivity index is 0.00000161. The topological polar surface area (TPSA) is 105 Å². The second-order valence-electron chi connectivity index (χ2n) is 11.8. The third kappa shape index (κ3) is 17.0. The van der Waals surface area contributed by atoms with Crippen molar-refractivity contribution in [3.63, 3.8) is 0 Å². The molecular formula is C42H52O8. The van der Waals surface area contributed by atoms with Crippen LogP contribution in [0.3, 0.4) is 0 Å². The van der Waals surface area contributed by atoms with Gasteiger partial charge in [0, 0.05) is 26.2 Å². The summed E-state index contributed by atoms with van der Waals surface area (Å²) in [6.07, 6.45) is 15.6. The van der Waals surface area contributed by atoms with Gasteiger partial charge in [0.05, 0.1) is 17.7 Å². The lowest BCUT2D eigenvalue weighted by atomic mass is 10.0. The van der Waals surface area contributed by atoms with E-state index in [1.54, 1.807) is 62.6 Å². The summed E-state index contributed by atoms with van der Waals surface area (Å²) in [6.45, 7) is 9.75. The van der Waals surface area contributed by atoms with Crippen LogP contribution in [0.25, 0.3) is 0 Å². The Bertz CT molecular complexity index is 1470. The van der Waals surface area contributed by atoms with Crippen LogP contribution in [0, 0.1) is 6.92 Å². The average molecular weight is 685 g/mol.